The molecular weight excluding hydrogens is 254 g/mol. The Balaban J connectivity index is 1.78. The van der Waals surface area contributed by atoms with E-state index in [9.17, 15) is 9.59 Å². The minimum atomic E-state index is -0.335. The molecule has 4 atom stereocenters. The zero-order chi connectivity index (χ0) is 14.0. The molecule has 0 saturated carbocycles. The number of imide groups is 1. The Morgan fingerprint density at radius 3 is 2.15 bits per heavy atom. The first-order valence-electron chi connectivity index (χ1n) is 6.87. The van der Waals surface area contributed by atoms with Crippen molar-refractivity contribution < 1.29 is 14.3 Å². The maximum atomic E-state index is 12.6. The highest BCUT2D eigenvalue weighted by atomic mass is 16.5. The summed E-state index contributed by atoms with van der Waals surface area (Å²) >= 11 is 0. The van der Waals surface area contributed by atoms with E-state index in [-0.39, 0.29) is 35.9 Å². The molecule has 1 aromatic rings. The van der Waals surface area contributed by atoms with E-state index in [0.29, 0.717) is 5.69 Å². The van der Waals surface area contributed by atoms with Gasteiger partial charge in [-0.1, -0.05) is 29.8 Å². The highest BCUT2D eigenvalue weighted by molar-refractivity contribution is 6.23. The molecule has 0 unspecified atom stereocenters. The van der Waals surface area contributed by atoms with E-state index >= 15 is 0 Å². The van der Waals surface area contributed by atoms with E-state index < -0.39 is 0 Å². The molecule has 4 heteroatoms. The van der Waals surface area contributed by atoms with Gasteiger partial charge in [-0.15, -0.1) is 0 Å². The summed E-state index contributed by atoms with van der Waals surface area (Å²) < 4.78 is 5.63. The number of ether oxygens (including phenoxy) is 1. The van der Waals surface area contributed by atoms with Crippen LogP contribution in [0.2, 0.25) is 0 Å². The van der Waals surface area contributed by atoms with Crippen molar-refractivity contribution in [3.63, 3.8) is 0 Å². The summed E-state index contributed by atoms with van der Waals surface area (Å²) in [4.78, 5) is 26.6. The van der Waals surface area contributed by atoms with E-state index in [1.807, 2.05) is 44.2 Å². The fourth-order valence-electron chi connectivity index (χ4n) is 3.60. The highest BCUT2D eigenvalue weighted by Crippen LogP contribution is 2.46. The van der Waals surface area contributed by atoms with Crippen molar-refractivity contribution in [1.29, 1.82) is 0 Å². The lowest BCUT2D eigenvalue weighted by atomic mass is 9.85. The van der Waals surface area contributed by atoms with Crippen molar-refractivity contribution in [2.45, 2.75) is 26.1 Å². The second-order valence-corrected chi connectivity index (χ2v) is 5.80. The number of hydrogen-bond donors (Lipinski definition) is 0. The van der Waals surface area contributed by atoms with Crippen LogP contribution < -0.4 is 4.90 Å². The van der Waals surface area contributed by atoms with E-state index in [1.54, 1.807) is 0 Å². The molecule has 2 fully saturated rings. The molecule has 4 rings (SSSR count). The fourth-order valence-corrected chi connectivity index (χ4v) is 3.60. The third-order valence-corrected chi connectivity index (χ3v) is 4.50. The predicted molar refractivity (Wildman–Crippen MR) is 73.2 cm³/mol. The van der Waals surface area contributed by atoms with Crippen LogP contribution in [0, 0.1) is 25.7 Å². The highest BCUT2D eigenvalue weighted by Gasteiger charge is 2.61. The average molecular weight is 269 g/mol. The van der Waals surface area contributed by atoms with Crippen molar-refractivity contribution in [1.82, 2.24) is 0 Å². The van der Waals surface area contributed by atoms with Crippen LogP contribution in [0.15, 0.2) is 30.4 Å². The number of benzene rings is 1. The quantitative estimate of drug-likeness (QED) is 0.576. The molecule has 20 heavy (non-hydrogen) atoms. The number of amides is 2. The molecule has 0 aromatic heterocycles. The summed E-state index contributed by atoms with van der Waals surface area (Å²) in [6.45, 7) is 3.93. The summed E-state index contributed by atoms with van der Waals surface area (Å²) in [5, 5.41) is 0. The predicted octanol–water partition coefficient (Wildman–Crippen LogP) is 1.75. The standard InChI is InChI=1S/C16H15NO3/c1-8-3-4-10(9(2)7-8)17-15(18)13-11-5-6-12(20-11)14(13)16(17)19/h3-7,11-14H,1-2H3/t11-,12-,13-,14-/m1/s1. The van der Waals surface area contributed by atoms with Crippen molar-refractivity contribution >= 4 is 17.5 Å². The summed E-state index contributed by atoms with van der Waals surface area (Å²) in [5.74, 6) is -0.913. The minimum absolute atomic E-state index is 0.121. The largest absolute Gasteiger partial charge is 0.365 e. The van der Waals surface area contributed by atoms with Crippen LogP contribution in [-0.2, 0) is 14.3 Å². The molecule has 102 valence electrons. The fraction of sp³-hybridized carbons (Fsp3) is 0.375. The summed E-state index contributed by atoms with van der Waals surface area (Å²) in [6.07, 6.45) is 3.36. The molecule has 2 amide bonds. The van der Waals surface area contributed by atoms with Crippen LogP contribution in [0.1, 0.15) is 11.1 Å². The van der Waals surface area contributed by atoms with E-state index in [2.05, 4.69) is 0 Å². The normalized spacial score (nSPS) is 34.2. The van der Waals surface area contributed by atoms with Crippen LogP contribution in [-0.4, -0.2) is 24.0 Å². The lowest BCUT2D eigenvalue weighted by Gasteiger charge is -2.19. The number of carbonyl (C=O) groups excluding carboxylic acids is 2. The lowest BCUT2D eigenvalue weighted by molar-refractivity contribution is -0.124. The number of aryl methyl sites for hydroxylation is 2. The Hall–Kier alpha value is -1.94. The monoisotopic (exact) mass is 269 g/mol. The van der Waals surface area contributed by atoms with Gasteiger partial charge in [-0.3, -0.25) is 9.59 Å². The van der Waals surface area contributed by atoms with E-state index in [1.165, 1.54) is 4.90 Å². The molecule has 2 bridgehead atoms. The van der Waals surface area contributed by atoms with Crippen molar-refractivity contribution in [2.75, 3.05) is 4.90 Å². The summed E-state index contributed by atoms with van der Waals surface area (Å²) in [5.41, 5.74) is 2.78. The average Bonchev–Trinajstić information content (AvgIpc) is 3.06. The van der Waals surface area contributed by atoms with Gasteiger partial charge in [-0.2, -0.15) is 0 Å². The van der Waals surface area contributed by atoms with Crippen LogP contribution in [0.3, 0.4) is 0 Å². The van der Waals surface area contributed by atoms with Crippen LogP contribution in [0.4, 0.5) is 5.69 Å². The number of anilines is 1. The Bertz CT molecular complexity index is 634. The van der Waals surface area contributed by atoms with Gasteiger partial charge in [0, 0.05) is 0 Å². The van der Waals surface area contributed by atoms with Gasteiger partial charge in [0.15, 0.2) is 0 Å². The second kappa shape index (κ2) is 3.79. The number of fused-ring (bicyclic) bond motifs is 5. The van der Waals surface area contributed by atoms with Gasteiger partial charge in [-0.05, 0) is 25.5 Å². The Morgan fingerprint density at radius 2 is 1.60 bits per heavy atom. The Labute approximate surface area is 117 Å². The van der Waals surface area contributed by atoms with E-state index in [4.69, 9.17) is 4.74 Å². The molecule has 0 aliphatic carbocycles. The molecule has 0 radical (unpaired) electrons. The number of carbonyl (C=O) groups is 2. The van der Waals surface area contributed by atoms with Crippen LogP contribution >= 0.6 is 0 Å². The molecule has 0 spiro atoms. The maximum absolute atomic E-state index is 12.6. The first kappa shape index (κ1) is 11.9. The number of rotatable bonds is 1. The number of nitrogens with zero attached hydrogens (tertiary/aromatic N) is 1. The topological polar surface area (TPSA) is 46.6 Å². The molecule has 4 nitrogen and oxygen atoms in total. The third-order valence-electron chi connectivity index (χ3n) is 4.50. The van der Waals surface area contributed by atoms with Gasteiger partial charge in [0.1, 0.15) is 0 Å². The van der Waals surface area contributed by atoms with Crippen molar-refractivity contribution in [3.8, 4) is 0 Å². The molecule has 1 aromatic carbocycles. The smallest absolute Gasteiger partial charge is 0.240 e. The van der Waals surface area contributed by atoms with Gasteiger partial charge >= 0.3 is 0 Å². The Morgan fingerprint density at radius 1 is 1.00 bits per heavy atom. The maximum Gasteiger partial charge on any atom is 0.240 e. The summed E-state index contributed by atoms with van der Waals surface area (Å²) in [6, 6.07) is 5.78. The SMILES string of the molecule is Cc1ccc(N2C(=O)[C@H]3[C@H](C2=O)[C@H]2C=C[C@H]3O2)c(C)c1. The van der Waals surface area contributed by atoms with Crippen LogP contribution in [0.5, 0.6) is 0 Å². The molecule has 0 N–H and O–H groups in total. The Kier molecular flexibility index (Phi) is 2.25. The first-order valence-corrected chi connectivity index (χ1v) is 6.87. The van der Waals surface area contributed by atoms with Gasteiger partial charge in [-0.25, -0.2) is 4.90 Å². The zero-order valence-corrected chi connectivity index (χ0v) is 11.4. The molecular formula is C16H15NO3. The van der Waals surface area contributed by atoms with Crippen LogP contribution in [0.25, 0.3) is 0 Å². The number of hydrogen-bond acceptors (Lipinski definition) is 3. The first-order chi connectivity index (χ1) is 9.58. The van der Waals surface area contributed by atoms with Gasteiger partial charge in [0.2, 0.25) is 11.8 Å². The second-order valence-electron chi connectivity index (χ2n) is 5.80. The molecule has 3 heterocycles. The molecule has 3 aliphatic heterocycles. The summed E-state index contributed by atoms with van der Waals surface area (Å²) in [7, 11) is 0. The van der Waals surface area contributed by atoms with Gasteiger partial charge in [0.05, 0.1) is 29.7 Å². The lowest BCUT2D eigenvalue weighted by Crippen LogP contribution is -2.34. The van der Waals surface area contributed by atoms with Crippen molar-refractivity contribution in [3.05, 3.63) is 41.5 Å². The van der Waals surface area contributed by atoms with Crippen molar-refractivity contribution in [2.24, 2.45) is 11.8 Å². The third kappa shape index (κ3) is 1.34. The van der Waals surface area contributed by atoms with Gasteiger partial charge < -0.3 is 4.74 Å². The minimum Gasteiger partial charge on any atom is -0.365 e. The van der Waals surface area contributed by atoms with Gasteiger partial charge in [0.25, 0.3) is 0 Å². The molecule has 2 saturated heterocycles. The molecule has 3 aliphatic rings. The van der Waals surface area contributed by atoms with E-state index in [0.717, 1.165) is 11.1 Å². The zero-order valence-electron chi connectivity index (χ0n) is 11.4.